The smallest absolute Gasteiger partial charge is 0.875 e. The van der Waals surface area contributed by atoms with Gasteiger partial charge in [0.25, 0.3) is 11.8 Å². The number of unbranched alkanes of at least 4 members (excludes halogenated alkanes) is 4. The first-order valence-electron chi connectivity index (χ1n) is 14.0. The van der Waals surface area contributed by atoms with Gasteiger partial charge in [0.05, 0.1) is 33.9 Å². The zero-order chi connectivity index (χ0) is 29.1. The van der Waals surface area contributed by atoms with E-state index >= 15 is 0 Å². The number of benzene rings is 2. The Morgan fingerprint density at radius 2 is 0.976 bits per heavy atom. The van der Waals surface area contributed by atoms with Crippen LogP contribution in [0.5, 0.6) is 0 Å². The Bertz CT molecular complexity index is 1200. The van der Waals surface area contributed by atoms with Crippen LogP contribution in [0.25, 0.3) is 0 Å². The summed E-state index contributed by atoms with van der Waals surface area (Å²) in [6.45, 7) is 7.60. The first-order valence-corrected chi connectivity index (χ1v) is 14.0. The van der Waals surface area contributed by atoms with Gasteiger partial charge in [-0.2, -0.15) is 20.2 Å². The standard InChI is InChI=1S/2C16H20N2O2.Cu/c2*1-3-4-6-11-14(19)15-12(2)17-18(16(15)20)13-9-7-5-8-10-13;/h2*5,7-10,19H,3-4,6,11H2,1-2H3;/q;;+2/p-2/b2*15-14-;. The van der Waals surface area contributed by atoms with Crippen LogP contribution in [-0.2, 0) is 26.7 Å². The molecule has 0 bridgehead atoms. The summed E-state index contributed by atoms with van der Waals surface area (Å²) >= 11 is 0. The summed E-state index contributed by atoms with van der Waals surface area (Å²) in [6, 6.07) is 18.3. The molecule has 8 nitrogen and oxygen atoms in total. The van der Waals surface area contributed by atoms with Gasteiger partial charge < -0.3 is 10.2 Å². The van der Waals surface area contributed by atoms with Crippen LogP contribution in [0.2, 0.25) is 0 Å². The number of rotatable bonds is 10. The van der Waals surface area contributed by atoms with Crippen molar-refractivity contribution in [3.8, 4) is 0 Å². The van der Waals surface area contributed by atoms with E-state index < -0.39 is 0 Å². The topological polar surface area (TPSA) is 111 Å². The maximum atomic E-state index is 12.3. The third-order valence-corrected chi connectivity index (χ3v) is 6.61. The molecule has 2 amide bonds. The van der Waals surface area contributed by atoms with Crippen LogP contribution in [0, 0.1) is 0 Å². The molecular weight excluding hydrogens is 568 g/mol. The molecule has 0 aromatic heterocycles. The second-order valence-corrected chi connectivity index (χ2v) is 9.79. The van der Waals surface area contributed by atoms with E-state index in [1.54, 1.807) is 38.1 Å². The van der Waals surface area contributed by atoms with Gasteiger partial charge in [0, 0.05) is 0 Å². The molecule has 41 heavy (non-hydrogen) atoms. The Hall–Kier alpha value is -3.68. The zero-order valence-electron chi connectivity index (χ0n) is 24.2. The van der Waals surface area contributed by atoms with Crippen molar-refractivity contribution in [2.24, 2.45) is 10.2 Å². The van der Waals surface area contributed by atoms with Crippen LogP contribution in [0.1, 0.15) is 79.1 Å². The minimum absolute atomic E-state index is 0. The SMILES string of the molecule is CCCCC/C([O-])=C1/C(=O)N(c2ccccc2)N=C1C.CCCCC/C([O-])=C1/C(=O)N(c2ccccc2)N=C1C.[Cu+2]. The predicted molar refractivity (Wildman–Crippen MR) is 156 cm³/mol. The van der Waals surface area contributed by atoms with Crippen LogP contribution in [-0.4, -0.2) is 23.2 Å². The molecule has 0 aliphatic carbocycles. The average molecular weight is 606 g/mol. The van der Waals surface area contributed by atoms with E-state index in [1.807, 2.05) is 36.4 Å². The monoisotopic (exact) mass is 605 g/mol. The molecule has 0 atom stereocenters. The fraction of sp³-hybridized carbons (Fsp3) is 0.375. The molecule has 2 aromatic rings. The van der Waals surface area contributed by atoms with Gasteiger partial charge in [0.2, 0.25) is 0 Å². The molecule has 0 unspecified atom stereocenters. The van der Waals surface area contributed by atoms with Crippen LogP contribution >= 0.6 is 0 Å². The molecule has 4 rings (SSSR count). The molecule has 2 aliphatic rings. The van der Waals surface area contributed by atoms with Crippen molar-refractivity contribution in [1.82, 2.24) is 0 Å². The number of carbonyl (C=O) groups excluding carboxylic acids is 2. The molecule has 1 radical (unpaired) electrons. The molecule has 2 aromatic carbocycles. The van der Waals surface area contributed by atoms with Crippen LogP contribution in [0.3, 0.4) is 0 Å². The largest absolute Gasteiger partial charge is 2.00 e. The molecule has 0 saturated heterocycles. The fourth-order valence-corrected chi connectivity index (χ4v) is 4.46. The Labute approximate surface area is 253 Å². The molecule has 0 N–H and O–H groups in total. The van der Waals surface area contributed by atoms with E-state index in [0.717, 1.165) is 38.5 Å². The third-order valence-electron chi connectivity index (χ3n) is 6.61. The van der Waals surface area contributed by atoms with Crippen molar-refractivity contribution in [2.75, 3.05) is 10.0 Å². The van der Waals surface area contributed by atoms with Gasteiger partial charge in [-0.05, 0) is 51.0 Å². The molecule has 9 heteroatoms. The Morgan fingerprint density at radius 3 is 1.29 bits per heavy atom. The van der Waals surface area contributed by atoms with Crippen LogP contribution in [0.15, 0.2) is 93.5 Å². The van der Waals surface area contributed by atoms with Crippen molar-refractivity contribution in [3.63, 3.8) is 0 Å². The number of hydrogen-bond acceptors (Lipinski definition) is 6. The molecule has 2 aliphatic heterocycles. The molecular formula is C32H38CuN4O4. The summed E-state index contributed by atoms with van der Waals surface area (Å²) in [5.74, 6) is -0.809. The number of hydrazone groups is 2. The summed E-state index contributed by atoms with van der Waals surface area (Å²) in [5.41, 5.74) is 2.89. The second kappa shape index (κ2) is 16.6. The molecule has 0 fully saturated rings. The maximum absolute atomic E-state index is 12.3. The first-order chi connectivity index (χ1) is 19.3. The van der Waals surface area contributed by atoms with Gasteiger partial charge in [-0.1, -0.05) is 88.8 Å². The van der Waals surface area contributed by atoms with Crippen LogP contribution < -0.4 is 20.2 Å². The Morgan fingerprint density at radius 1 is 0.634 bits per heavy atom. The number of hydrogen-bond donors (Lipinski definition) is 0. The second-order valence-electron chi connectivity index (χ2n) is 9.79. The van der Waals surface area contributed by atoms with Gasteiger partial charge in [-0.25, -0.2) is 0 Å². The number of anilines is 2. The van der Waals surface area contributed by atoms with E-state index in [1.165, 1.54) is 10.0 Å². The summed E-state index contributed by atoms with van der Waals surface area (Å²) in [6.07, 6.45) is 6.61. The summed E-state index contributed by atoms with van der Waals surface area (Å²) < 4.78 is 0. The Balaban J connectivity index is 0.000000280. The number of amides is 2. The van der Waals surface area contributed by atoms with Crippen molar-refractivity contribution in [2.45, 2.75) is 79.1 Å². The predicted octanol–water partition coefficient (Wildman–Crippen LogP) is 5.21. The van der Waals surface area contributed by atoms with Gasteiger partial charge in [0.15, 0.2) is 0 Å². The minimum atomic E-state index is -0.310. The normalized spacial score (nSPS) is 17.0. The van der Waals surface area contributed by atoms with Gasteiger partial charge in [-0.15, -0.1) is 11.5 Å². The number of para-hydroxylation sites is 2. The van der Waals surface area contributed by atoms with E-state index in [0.29, 0.717) is 35.6 Å². The number of nitrogens with zero attached hydrogens (tertiary/aromatic N) is 4. The minimum Gasteiger partial charge on any atom is -0.875 e. The van der Waals surface area contributed by atoms with Crippen molar-refractivity contribution in [3.05, 3.63) is 83.3 Å². The van der Waals surface area contributed by atoms with Gasteiger partial charge in [0.1, 0.15) is 0 Å². The fourth-order valence-electron chi connectivity index (χ4n) is 4.46. The van der Waals surface area contributed by atoms with E-state index in [9.17, 15) is 19.8 Å². The Kier molecular flexibility index (Phi) is 13.5. The number of allylic oxidation sites excluding steroid dienone is 2. The van der Waals surface area contributed by atoms with E-state index in [-0.39, 0.29) is 51.5 Å². The van der Waals surface area contributed by atoms with Gasteiger partial charge >= 0.3 is 17.1 Å². The number of carbonyl (C=O) groups is 2. The van der Waals surface area contributed by atoms with Crippen molar-refractivity contribution >= 4 is 34.6 Å². The van der Waals surface area contributed by atoms with Crippen LogP contribution in [0.4, 0.5) is 11.4 Å². The van der Waals surface area contributed by atoms with Gasteiger partial charge in [-0.3, -0.25) is 9.59 Å². The van der Waals surface area contributed by atoms with Crippen molar-refractivity contribution in [1.29, 1.82) is 0 Å². The first kappa shape index (κ1) is 33.5. The molecule has 221 valence electrons. The molecule has 0 saturated carbocycles. The molecule has 0 spiro atoms. The summed E-state index contributed by atoms with van der Waals surface area (Å²) in [7, 11) is 0. The average Bonchev–Trinajstić information content (AvgIpc) is 3.43. The zero-order valence-corrected chi connectivity index (χ0v) is 25.1. The summed E-state index contributed by atoms with van der Waals surface area (Å²) in [4.78, 5) is 24.7. The van der Waals surface area contributed by atoms with E-state index in [2.05, 4.69) is 24.1 Å². The third kappa shape index (κ3) is 8.65. The van der Waals surface area contributed by atoms with E-state index in [4.69, 9.17) is 0 Å². The van der Waals surface area contributed by atoms with Crippen molar-refractivity contribution < 1.29 is 36.9 Å². The molecule has 2 heterocycles. The summed E-state index contributed by atoms with van der Waals surface area (Å²) in [5, 5.41) is 35.3. The maximum Gasteiger partial charge on any atom is 2.00 e. The quantitative estimate of drug-likeness (QED) is 0.160.